The number of ether oxygens (including phenoxy) is 1. The van der Waals surface area contributed by atoms with Crippen molar-refractivity contribution in [3.8, 4) is 5.75 Å². The van der Waals surface area contributed by atoms with Crippen molar-refractivity contribution < 1.29 is 13.9 Å². The van der Waals surface area contributed by atoms with Crippen LogP contribution in [-0.2, 0) is 0 Å². The average Bonchev–Trinajstić information content (AvgIpc) is 2.68. The number of aromatic amines is 1. The fourth-order valence-corrected chi connectivity index (χ4v) is 1.14. The number of aromatic nitrogens is 2. The van der Waals surface area contributed by atoms with Crippen LogP contribution in [0.15, 0.2) is 30.5 Å². The van der Waals surface area contributed by atoms with Crippen molar-refractivity contribution in [2.24, 2.45) is 0 Å². The Morgan fingerprint density at radius 2 is 2.19 bits per heavy atom. The molecule has 0 spiro atoms. The molecule has 0 aliphatic heterocycles. The Balaban J connectivity index is 2.21. The number of H-pyrrole nitrogens is 1. The number of hydrogen-bond acceptors (Lipinski definition) is 4. The quantitative estimate of drug-likeness (QED) is 0.592. The molecule has 1 aromatic heterocycles. The number of halogens is 1. The maximum atomic E-state index is 13.2. The molecule has 0 bridgehead atoms. The number of rotatable bonds is 2. The average molecular weight is 221 g/mol. The molecule has 82 valence electrons. The van der Waals surface area contributed by atoms with Gasteiger partial charge in [0, 0.05) is 0 Å². The molecule has 0 saturated carbocycles. The number of carbonyl (C=O) groups excluding carboxylic acids is 1. The number of nitrogens with zero attached hydrogens (tertiary/aromatic N) is 1. The second kappa shape index (κ2) is 4.01. The van der Waals surface area contributed by atoms with E-state index in [1.165, 1.54) is 24.4 Å². The first-order chi connectivity index (χ1) is 7.68. The highest BCUT2D eigenvalue weighted by Crippen LogP contribution is 2.17. The highest BCUT2D eigenvalue weighted by Gasteiger charge is 2.15. The number of nitrogens with one attached hydrogen (secondary N) is 1. The van der Waals surface area contributed by atoms with Gasteiger partial charge in [-0.05, 0) is 12.1 Å². The van der Waals surface area contributed by atoms with Crippen LogP contribution in [-0.4, -0.2) is 16.2 Å². The lowest BCUT2D eigenvalue weighted by Crippen LogP contribution is -2.11. The standard InChI is InChI=1S/C10H8FN3O2/c11-6-3-1-2-4-8(6)16-10(15)9-7(12)5-13-14-9/h1-5H,12H2,(H,13,14). The number of benzene rings is 1. The molecule has 2 rings (SSSR count). The summed E-state index contributed by atoms with van der Waals surface area (Å²) in [5, 5.41) is 5.94. The number of esters is 1. The molecule has 3 N–H and O–H groups in total. The minimum atomic E-state index is -0.778. The fraction of sp³-hybridized carbons (Fsp3) is 0. The Morgan fingerprint density at radius 3 is 2.81 bits per heavy atom. The number of carbonyl (C=O) groups is 1. The summed E-state index contributed by atoms with van der Waals surface area (Å²) in [5.74, 6) is -1.55. The van der Waals surface area contributed by atoms with Crippen molar-refractivity contribution in [3.05, 3.63) is 42.0 Å². The first-order valence-corrected chi connectivity index (χ1v) is 4.44. The van der Waals surface area contributed by atoms with Gasteiger partial charge in [-0.2, -0.15) is 5.10 Å². The van der Waals surface area contributed by atoms with E-state index in [1.807, 2.05) is 0 Å². The van der Waals surface area contributed by atoms with Crippen LogP contribution in [0.25, 0.3) is 0 Å². The van der Waals surface area contributed by atoms with Crippen molar-refractivity contribution in [2.45, 2.75) is 0 Å². The van der Waals surface area contributed by atoms with E-state index in [9.17, 15) is 9.18 Å². The molecular formula is C10H8FN3O2. The Hall–Kier alpha value is -2.37. The molecule has 0 aliphatic rings. The van der Waals surface area contributed by atoms with Gasteiger partial charge in [-0.25, -0.2) is 9.18 Å². The van der Waals surface area contributed by atoms with E-state index in [0.717, 1.165) is 0 Å². The summed E-state index contributed by atoms with van der Waals surface area (Å²) >= 11 is 0. The van der Waals surface area contributed by atoms with Crippen molar-refractivity contribution in [1.29, 1.82) is 0 Å². The third-order valence-corrected chi connectivity index (χ3v) is 1.91. The monoisotopic (exact) mass is 221 g/mol. The lowest BCUT2D eigenvalue weighted by Gasteiger charge is -2.03. The predicted molar refractivity (Wildman–Crippen MR) is 54.4 cm³/mol. The first kappa shape index (κ1) is 10.2. The van der Waals surface area contributed by atoms with E-state index < -0.39 is 11.8 Å². The van der Waals surface area contributed by atoms with Crippen LogP contribution in [0.5, 0.6) is 5.75 Å². The summed E-state index contributed by atoms with van der Waals surface area (Å²) in [6.07, 6.45) is 1.28. The molecule has 0 fully saturated rings. The molecule has 5 nitrogen and oxygen atoms in total. The van der Waals surface area contributed by atoms with Gasteiger partial charge in [0.1, 0.15) is 0 Å². The number of nitrogens with two attached hydrogens (primary N) is 1. The molecule has 1 heterocycles. The molecule has 2 aromatic rings. The second-order valence-electron chi connectivity index (χ2n) is 3.02. The van der Waals surface area contributed by atoms with Crippen molar-refractivity contribution in [3.63, 3.8) is 0 Å². The summed E-state index contributed by atoms with van der Waals surface area (Å²) in [7, 11) is 0. The van der Waals surface area contributed by atoms with Crippen LogP contribution in [0.2, 0.25) is 0 Å². The van der Waals surface area contributed by atoms with Crippen LogP contribution in [0.4, 0.5) is 10.1 Å². The lowest BCUT2D eigenvalue weighted by molar-refractivity contribution is 0.0723. The van der Waals surface area contributed by atoms with Crippen LogP contribution in [0.3, 0.4) is 0 Å². The Morgan fingerprint density at radius 1 is 1.44 bits per heavy atom. The Bertz CT molecular complexity index is 524. The van der Waals surface area contributed by atoms with Gasteiger partial charge in [0.2, 0.25) is 0 Å². The van der Waals surface area contributed by atoms with Crippen LogP contribution < -0.4 is 10.5 Å². The molecule has 6 heteroatoms. The third-order valence-electron chi connectivity index (χ3n) is 1.91. The number of anilines is 1. The topological polar surface area (TPSA) is 81.0 Å². The van der Waals surface area contributed by atoms with E-state index in [4.69, 9.17) is 10.5 Å². The molecule has 0 radical (unpaired) electrons. The molecule has 1 aromatic carbocycles. The minimum Gasteiger partial charge on any atom is -0.419 e. The molecular weight excluding hydrogens is 213 g/mol. The zero-order valence-corrected chi connectivity index (χ0v) is 8.11. The molecule has 0 unspecified atom stereocenters. The maximum absolute atomic E-state index is 13.2. The number of hydrogen-bond donors (Lipinski definition) is 2. The highest BCUT2D eigenvalue weighted by molar-refractivity contribution is 5.94. The normalized spacial score (nSPS) is 10.1. The van der Waals surface area contributed by atoms with Gasteiger partial charge < -0.3 is 10.5 Å². The lowest BCUT2D eigenvalue weighted by atomic mass is 10.3. The van der Waals surface area contributed by atoms with Crippen LogP contribution >= 0.6 is 0 Å². The Kier molecular flexibility index (Phi) is 2.55. The van der Waals surface area contributed by atoms with Crippen molar-refractivity contribution in [2.75, 3.05) is 5.73 Å². The summed E-state index contributed by atoms with van der Waals surface area (Å²) in [4.78, 5) is 11.5. The SMILES string of the molecule is Nc1cn[nH]c1C(=O)Oc1ccccc1F. The smallest absolute Gasteiger partial charge is 0.364 e. The van der Waals surface area contributed by atoms with E-state index >= 15 is 0 Å². The summed E-state index contributed by atoms with van der Waals surface area (Å²) in [6, 6.07) is 5.60. The first-order valence-electron chi connectivity index (χ1n) is 4.44. The zero-order chi connectivity index (χ0) is 11.5. The van der Waals surface area contributed by atoms with Crippen molar-refractivity contribution in [1.82, 2.24) is 10.2 Å². The Labute approximate surface area is 90.0 Å². The van der Waals surface area contributed by atoms with Gasteiger partial charge in [0.05, 0.1) is 11.9 Å². The minimum absolute atomic E-state index is 0.00301. The van der Waals surface area contributed by atoms with Gasteiger partial charge in [-0.15, -0.1) is 0 Å². The molecule has 16 heavy (non-hydrogen) atoms. The van der Waals surface area contributed by atoms with E-state index in [1.54, 1.807) is 6.07 Å². The van der Waals surface area contributed by atoms with Crippen molar-refractivity contribution >= 4 is 11.7 Å². The largest absolute Gasteiger partial charge is 0.419 e. The maximum Gasteiger partial charge on any atom is 0.364 e. The van der Waals surface area contributed by atoms with Gasteiger partial charge in [0.25, 0.3) is 0 Å². The summed E-state index contributed by atoms with van der Waals surface area (Å²) in [5.41, 5.74) is 5.60. The summed E-state index contributed by atoms with van der Waals surface area (Å²) < 4.78 is 18.0. The molecule has 0 atom stereocenters. The van der Waals surface area contributed by atoms with Crippen LogP contribution in [0.1, 0.15) is 10.5 Å². The molecule has 0 amide bonds. The van der Waals surface area contributed by atoms with Gasteiger partial charge >= 0.3 is 5.97 Å². The predicted octanol–water partition coefficient (Wildman–Crippen LogP) is 1.35. The molecule has 0 saturated heterocycles. The molecule has 0 aliphatic carbocycles. The van der Waals surface area contributed by atoms with E-state index in [-0.39, 0.29) is 17.1 Å². The highest BCUT2D eigenvalue weighted by atomic mass is 19.1. The fourth-order valence-electron chi connectivity index (χ4n) is 1.14. The van der Waals surface area contributed by atoms with Gasteiger partial charge in [0.15, 0.2) is 17.3 Å². The van der Waals surface area contributed by atoms with Gasteiger partial charge in [-0.3, -0.25) is 5.10 Å². The zero-order valence-electron chi connectivity index (χ0n) is 8.11. The third kappa shape index (κ3) is 1.85. The van der Waals surface area contributed by atoms with E-state index in [2.05, 4.69) is 10.2 Å². The number of nitrogen functional groups attached to an aromatic ring is 1. The van der Waals surface area contributed by atoms with Crippen LogP contribution in [0, 0.1) is 5.82 Å². The summed E-state index contributed by atoms with van der Waals surface area (Å²) in [6.45, 7) is 0. The van der Waals surface area contributed by atoms with Gasteiger partial charge in [-0.1, -0.05) is 12.1 Å². The van der Waals surface area contributed by atoms with E-state index in [0.29, 0.717) is 0 Å². The number of para-hydroxylation sites is 1. The second-order valence-corrected chi connectivity index (χ2v) is 3.02.